The Bertz CT molecular complexity index is 1300. The molecule has 0 bridgehead atoms. The first-order valence-electron chi connectivity index (χ1n) is 11.6. The molecule has 6 nitrogen and oxygen atoms in total. The van der Waals surface area contributed by atoms with Gasteiger partial charge in [0.15, 0.2) is 5.11 Å². The van der Waals surface area contributed by atoms with Gasteiger partial charge in [-0.25, -0.2) is 0 Å². The number of aromatic nitrogens is 2. The summed E-state index contributed by atoms with van der Waals surface area (Å²) in [5.74, 6) is 1.64. The Hall–Kier alpha value is -3.84. The van der Waals surface area contributed by atoms with Gasteiger partial charge in [0.2, 0.25) is 0 Å². The van der Waals surface area contributed by atoms with Crippen LogP contribution in [-0.4, -0.2) is 27.9 Å². The van der Waals surface area contributed by atoms with E-state index in [0.29, 0.717) is 5.11 Å². The molecule has 7 heteroatoms. The van der Waals surface area contributed by atoms with Crippen molar-refractivity contribution >= 4 is 23.0 Å². The predicted octanol–water partition coefficient (Wildman–Crippen LogP) is 5.85. The lowest BCUT2D eigenvalue weighted by atomic mass is 10.0. The number of nitrogens with zero attached hydrogens (tertiary/aromatic N) is 3. The van der Waals surface area contributed by atoms with Crippen molar-refractivity contribution in [3.05, 3.63) is 103 Å². The Morgan fingerprint density at radius 1 is 0.914 bits per heavy atom. The molecule has 2 aromatic carbocycles. The van der Waals surface area contributed by atoms with Gasteiger partial charge >= 0.3 is 0 Å². The van der Waals surface area contributed by atoms with Crippen LogP contribution in [0.15, 0.2) is 91.3 Å². The number of pyridine rings is 1. The van der Waals surface area contributed by atoms with Crippen LogP contribution in [0.25, 0.3) is 5.69 Å². The zero-order valence-electron chi connectivity index (χ0n) is 20.0. The smallest absolute Gasteiger partial charge is 0.174 e. The number of benzene rings is 2. The fourth-order valence-electron chi connectivity index (χ4n) is 4.52. The quantitative estimate of drug-likeness (QED) is 0.332. The number of ether oxygens (including phenoxy) is 2. The third-order valence-electron chi connectivity index (χ3n) is 6.00. The van der Waals surface area contributed by atoms with Gasteiger partial charge in [-0.05, 0) is 86.7 Å². The van der Waals surface area contributed by atoms with Crippen LogP contribution in [0, 0.1) is 0 Å². The van der Waals surface area contributed by atoms with Gasteiger partial charge in [-0.2, -0.15) is 0 Å². The first-order valence-corrected chi connectivity index (χ1v) is 12.0. The Morgan fingerprint density at radius 3 is 2.46 bits per heavy atom. The number of hydrogen-bond donors (Lipinski definition) is 1. The van der Waals surface area contributed by atoms with Gasteiger partial charge in [-0.15, -0.1) is 0 Å². The summed E-state index contributed by atoms with van der Waals surface area (Å²) < 4.78 is 13.5. The minimum atomic E-state index is -0.130. The molecule has 0 saturated carbocycles. The summed E-state index contributed by atoms with van der Waals surface area (Å²) in [6, 6.07) is 26.0. The van der Waals surface area contributed by atoms with E-state index in [1.54, 1.807) is 7.11 Å². The van der Waals surface area contributed by atoms with E-state index in [4.69, 9.17) is 21.7 Å². The van der Waals surface area contributed by atoms with Gasteiger partial charge in [0.1, 0.15) is 17.5 Å². The molecular weight excluding hydrogens is 456 g/mol. The molecule has 2 unspecified atom stereocenters. The van der Waals surface area contributed by atoms with E-state index in [2.05, 4.69) is 56.3 Å². The molecule has 1 aliphatic heterocycles. The number of thiocarbonyl (C=S) groups is 1. The fraction of sp³-hybridized carbons (Fsp3) is 0.214. The van der Waals surface area contributed by atoms with Crippen molar-refractivity contribution in [2.24, 2.45) is 0 Å². The lowest BCUT2D eigenvalue weighted by Gasteiger charge is -2.29. The van der Waals surface area contributed by atoms with Gasteiger partial charge in [-0.1, -0.05) is 12.1 Å². The molecule has 0 aliphatic carbocycles. The lowest BCUT2D eigenvalue weighted by Crippen LogP contribution is -2.30. The number of hydrogen-bond acceptors (Lipinski definition) is 4. The van der Waals surface area contributed by atoms with Gasteiger partial charge in [0.25, 0.3) is 0 Å². The zero-order valence-corrected chi connectivity index (χ0v) is 20.8. The van der Waals surface area contributed by atoms with Crippen molar-refractivity contribution in [1.82, 2.24) is 14.9 Å². The lowest BCUT2D eigenvalue weighted by molar-refractivity contribution is 0.242. The minimum absolute atomic E-state index is 0.114. The molecule has 0 amide bonds. The van der Waals surface area contributed by atoms with E-state index in [1.807, 2.05) is 68.6 Å². The number of rotatable bonds is 7. The molecule has 1 N–H and O–H groups in total. The summed E-state index contributed by atoms with van der Waals surface area (Å²) in [7, 11) is 1.68. The highest BCUT2D eigenvalue weighted by Gasteiger charge is 2.42. The Balaban J connectivity index is 1.61. The molecule has 0 radical (unpaired) electrons. The van der Waals surface area contributed by atoms with E-state index in [0.717, 1.165) is 34.3 Å². The summed E-state index contributed by atoms with van der Waals surface area (Å²) in [5, 5.41) is 4.18. The highest BCUT2D eigenvalue weighted by Crippen LogP contribution is 2.42. The molecule has 5 rings (SSSR count). The molecule has 0 spiro atoms. The average Bonchev–Trinajstić information content (AvgIpc) is 3.49. The summed E-state index contributed by atoms with van der Waals surface area (Å²) >= 11 is 5.88. The molecule has 4 aromatic rings. The van der Waals surface area contributed by atoms with Crippen LogP contribution in [0.4, 0.5) is 5.69 Å². The topological polar surface area (TPSA) is 51.5 Å². The zero-order chi connectivity index (χ0) is 24.4. The molecule has 2 aromatic heterocycles. The predicted molar refractivity (Wildman–Crippen MR) is 142 cm³/mol. The molecule has 3 heterocycles. The van der Waals surface area contributed by atoms with E-state index < -0.39 is 0 Å². The molecule has 1 saturated heterocycles. The molecule has 178 valence electrons. The summed E-state index contributed by atoms with van der Waals surface area (Å²) in [5.41, 5.74) is 4.02. The van der Waals surface area contributed by atoms with E-state index in [9.17, 15) is 0 Å². The molecule has 35 heavy (non-hydrogen) atoms. The summed E-state index contributed by atoms with van der Waals surface area (Å²) in [6.45, 7) is 4.04. The average molecular weight is 485 g/mol. The second kappa shape index (κ2) is 9.80. The van der Waals surface area contributed by atoms with Crippen LogP contribution >= 0.6 is 12.2 Å². The van der Waals surface area contributed by atoms with Crippen LogP contribution in [-0.2, 0) is 0 Å². The molecular formula is C28H28N4O2S. The Morgan fingerprint density at radius 2 is 1.74 bits per heavy atom. The first kappa shape index (κ1) is 22.9. The monoisotopic (exact) mass is 484 g/mol. The number of nitrogens with one attached hydrogen (secondary N) is 1. The maximum absolute atomic E-state index is 5.88. The van der Waals surface area contributed by atoms with E-state index in [-0.39, 0.29) is 18.2 Å². The number of anilines is 1. The maximum atomic E-state index is 5.88. The van der Waals surface area contributed by atoms with E-state index in [1.165, 1.54) is 0 Å². The van der Waals surface area contributed by atoms with Crippen LogP contribution < -0.4 is 19.7 Å². The summed E-state index contributed by atoms with van der Waals surface area (Å²) in [6.07, 6.45) is 4.00. The highest BCUT2D eigenvalue weighted by atomic mass is 32.1. The van der Waals surface area contributed by atoms with Gasteiger partial charge in [0, 0.05) is 35.5 Å². The van der Waals surface area contributed by atoms with Crippen molar-refractivity contribution in [2.45, 2.75) is 32.0 Å². The van der Waals surface area contributed by atoms with Gasteiger partial charge in [0.05, 0.1) is 24.9 Å². The maximum Gasteiger partial charge on any atom is 0.174 e. The number of methoxy groups -OCH3 is 1. The van der Waals surface area contributed by atoms with Crippen molar-refractivity contribution in [3.63, 3.8) is 0 Å². The third kappa shape index (κ3) is 4.59. The second-order valence-corrected chi connectivity index (χ2v) is 9.05. The molecule has 1 fully saturated rings. The SMILES string of the molecule is COc1cccc(-n2cccc2C2C(c3ccccn3)NC(=S)N2c2ccc(OC(C)C)cc2)c1. The first-order chi connectivity index (χ1) is 17.0. The Labute approximate surface area is 211 Å². The third-order valence-corrected chi connectivity index (χ3v) is 6.31. The molecule has 1 aliphatic rings. The minimum Gasteiger partial charge on any atom is -0.497 e. The normalized spacial score (nSPS) is 17.5. The molecule has 2 atom stereocenters. The van der Waals surface area contributed by atoms with Crippen LogP contribution in [0.5, 0.6) is 11.5 Å². The van der Waals surface area contributed by atoms with Crippen molar-refractivity contribution < 1.29 is 9.47 Å². The second-order valence-electron chi connectivity index (χ2n) is 8.66. The largest absolute Gasteiger partial charge is 0.497 e. The standard InChI is InChI=1S/C28H28N4O2S/c1-19(2)34-22-14-12-20(13-15-22)32-27(26(30-28(32)35)24-10-4-5-16-29-24)25-11-7-17-31(25)21-8-6-9-23(18-21)33-3/h4-19,26-27H,1-3H3,(H,30,35). The van der Waals surface area contributed by atoms with Crippen LogP contribution in [0.1, 0.15) is 37.3 Å². The van der Waals surface area contributed by atoms with Gasteiger partial charge in [-0.3, -0.25) is 4.98 Å². The fourth-order valence-corrected chi connectivity index (χ4v) is 4.87. The van der Waals surface area contributed by atoms with Crippen molar-refractivity contribution in [3.8, 4) is 17.2 Å². The van der Waals surface area contributed by atoms with E-state index >= 15 is 0 Å². The highest BCUT2D eigenvalue weighted by molar-refractivity contribution is 7.80. The summed E-state index contributed by atoms with van der Waals surface area (Å²) in [4.78, 5) is 6.83. The van der Waals surface area contributed by atoms with Crippen LogP contribution in [0.2, 0.25) is 0 Å². The van der Waals surface area contributed by atoms with Gasteiger partial charge < -0.3 is 24.3 Å². The van der Waals surface area contributed by atoms with Crippen molar-refractivity contribution in [1.29, 1.82) is 0 Å². The van der Waals surface area contributed by atoms with Crippen molar-refractivity contribution in [2.75, 3.05) is 12.0 Å². The Kier molecular flexibility index (Phi) is 6.42. The van der Waals surface area contributed by atoms with Crippen LogP contribution in [0.3, 0.4) is 0 Å².